The number of para-hydroxylation sites is 1. The average Bonchev–Trinajstić information content (AvgIpc) is 2.61. The summed E-state index contributed by atoms with van der Waals surface area (Å²) in [6.07, 6.45) is 0. The van der Waals surface area contributed by atoms with Crippen molar-refractivity contribution in [3.05, 3.63) is 41.6 Å². The normalized spacial score (nSPS) is 16.0. The van der Waals surface area contributed by atoms with Gasteiger partial charge in [0.2, 0.25) is 5.95 Å². The number of hydrogen-bond acceptors (Lipinski definition) is 5. The highest BCUT2D eigenvalue weighted by Crippen LogP contribution is 2.31. The third kappa shape index (κ3) is 4.33. The molecule has 5 heteroatoms. The van der Waals surface area contributed by atoms with Crippen LogP contribution < -0.4 is 10.2 Å². The fraction of sp³-hybridized carbons (Fsp3) is 0.524. The summed E-state index contributed by atoms with van der Waals surface area (Å²) in [5.41, 5.74) is 3.39. The van der Waals surface area contributed by atoms with Gasteiger partial charge in [-0.2, -0.15) is 4.98 Å². The molecule has 0 bridgehead atoms. The molecule has 3 rings (SSSR count). The summed E-state index contributed by atoms with van der Waals surface area (Å²) in [7, 11) is 0. The van der Waals surface area contributed by atoms with Crippen molar-refractivity contribution in [3.63, 3.8) is 0 Å². The third-order valence-electron chi connectivity index (χ3n) is 4.97. The maximum Gasteiger partial charge on any atom is 0.229 e. The SMILES string of the molecule is CCN1CCN(c2cc(C)nc(Nc3ccccc3C(C)(C)C)n2)CC1. The number of piperazine rings is 1. The van der Waals surface area contributed by atoms with E-state index in [1.54, 1.807) is 0 Å². The molecule has 0 unspecified atom stereocenters. The first kappa shape index (κ1) is 18.6. The number of likely N-dealkylation sites (N-methyl/N-ethyl adjacent to an activating group) is 1. The van der Waals surface area contributed by atoms with Crippen LogP contribution in [0.25, 0.3) is 0 Å². The molecule has 1 aliphatic rings. The van der Waals surface area contributed by atoms with Gasteiger partial charge in [0.25, 0.3) is 0 Å². The Morgan fingerprint density at radius 1 is 1.04 bits per heavy atom. The molecule has 0 spiro atoms. The largest absolute Gasteiger partial charge is 0.354 e. The van der Waals surface area contributed by atoms with E-state index in [2.05, 4.69) is 78.1 Å². The Labute approximate surface area is 157 Å². The summed E-state index contributed by atoms with van der Waals surface area (Å²) < 4.78 is 0. The zero-order valence-corrected chi connectivity index (χ0v) is 16.7. The second-order valence-electron chi connectivity index (χ2n) is 8.03. The number of nitrogens with one attached hydrogen (secondary N) is 1. The van der Waals surface area contributed by atoms with E-state index in [1.165, 1.54) is 5.56 Å². The Morgan fingerprint density at radius 2 is 1.73 bits per heavy atom. The number of anilines is 3. The number of aryl methyl sites for hydroxylation is 1. The highest BCUT2D eigenvalue weighted by Gasteiger charge is 2.20. The zero-order valence-electron chi connectivity index (χ0n) is 16.7. The molecular formula is C21H31N5. The zero-order chi connectivity index (χ0) is 18.7. The molecule has 0 radical (unpaired) electrons. The number of hydrogen-bond donors (Lipinski definition) is 1. The Kier molecular flexibility index (Phi) is 5.47. The van der Waals surface area contributed by atoms with Gasteiger partial charge in [-0.3, -0.25) is 0 Å². The van der Waals surface area contributed by atoms with E-state index < -0.39 is 0 Å². The van der Waals surface area contributed by atoms with Crippen LogP contribution in [0.15, 0.2) is 30.3 Å². The molecule has 1 aromatic carbocycles. The third-order valence-corrected chi connectivity index (χ3v) is 4.97. The minimum atomic E-state index is 0.0622. The molecule has 1 aliphatic heterocycles. The quantitative estimate of drug-likeness (QED) is 0.901. The van der Waals surface area contributed by atoms with Crippen LogP contribution in [0, 0.1) is 6.92 Å². The molecule has 26 heavy (non-hydrogen) atoms. The highest BCUT2D eigenvalue weighted by molar-refractivity contribution is 5.61. The second kappa shape index (κ2) is 7.62. The van der Waals surface area contributed by atoms with Gasteiger partial charge in [-0.1, -0.05) is 45.9 Å². The van der Waals surface area contributed by atoms with Gasteiger partial charge in [0.1, 0.15) is 5.82 Å². The first-order valence-electron chi connectivity index (χ1n) is 9.56. The fourth-order valence-corrected chi connectivity index (χ4v) is 3.43. The van der Waals surface area contributed by atoms with Crippen LogP contribution in [0.4, 0.5) is 17.5 Å². The lowest BCUT2D eigenvalue weighted by molar-refractivity contribution is 0.270. The van der Waals surface area contributed by atoms with Crippen molar-refractivity contribution >= 4 is 17.5 Å². The molecule has 2 heterocycles. The van der Waals surface area contributed by atoms with E-state index >= 15 is 0 Å². The minimum Gasteiger partial charge on any atom is -0.354 e. The van der Waals surface area contributed by atoms with Gasteiger partial charge in [0, 0.05) is 43.6 Å². The van der Waals surface area contributed by atoms with E-state index in [-0.39, 0.29) is 5.41 Å². The summed E-state index contributed by atoms with van der Waals surface area (Å²) in [5.74, 6) is 1.69. The van der Waals surface area contributed by atoms with Crippen molar-refractivity contribution in [1.29, 1.82) is 0 Å². The van der Waals surface area contributed by atoms with Gasteiger partial charge < -0.3 is 15.1 Å². The van der Waals surface area contributed by atoms with E-state index in [1.807, 2.05) is 6.92 Å². The van der Waals surface area contributed by atoms with E-state index in [4.69, 9.17) is 4.98 Å². The maximum atomic E-state index is 4.81. The molecule has 1 aromatic heterocycles. The van der Waals surface area contributed by atoms with Crippen molar-refractivity contribution in [2.45, 2.75) is 40.0 Å². The topological polar surface area (TPSA) is 44.3 Å². The summed E-state index contributed by atoms with van der Waals surface area (Å²) >= 11 is 0. The lowest BCUT2D eigenvalue weighted by Crippen LogP contribution is -2.46. The Balaban J connectivity index is 1.83. The monoisotopic (exact) mass is 353 g/mol. The van der Waals surface area contributed by atoms with Gasteiger partial charge in [-0.25, -0.2) is 4.98 Å². The van der Waals surface area contributed by atoms with Crippen molar-refractivity contribution < 1.29 is 0 Å². The van der Waals surface area contributed by atoms with Crippen LogP contribution in [0.1, 0.15) is 39.0 Å². The van der Waals surface area contributed by atoms with E-state index in [0.29, 0.717) is 5.95 Å². The van der Waals surface area contributed by atoms with Gasteiger partial charge >= 0.3 is 0 Å². The van der Waals surface area contributed by atoms with Crippen molar-refractivity contribution in [1.82, 2.24) is 14.9 Å². The van der Waals surface area contributed by atoms with E-state index in [9.17, 15) is 0 Å². The van der Waals surface area contributed by atoms with Crippen LogP contribution >= 0.6 is 0 Å². The lowest BCUT2D eigenvalue weighted by Gasteiger charge is -2.35. The Hall–Kier alpha value is -2.14. The summed E-state index contributed by atoms with van der Waals surface area (Å²) in [4.78, 5) is 14.3. The fourth-order valence-electron chi connectivity index (χ4n) is 3.43. The van der Waals surface area contributed by atoms with Crippen molar-refractivity contribution in [2.24, 2.45) is 0 Å². The first-order valence-corrected chi connectivity index (χ1v) is 9.56. The predicted octanol–water partition coefficient (Wildman–Crippen LogP) is 3.97. The molecule has 140 valence electrons. The molecule has 5 nitrogen and oxygen atoms in total. The average molecular weight is 354 g/mol. The number of aromatic nitrogens is 2. The molecule has 0 amide bonds. The van der Waals surface area contributed by atoms with Crippen LogP contribution in [0.3, 0.4) is 0 Å². The Bertz CT molecular complexity index is 742. The summed E-state index contributed by atoms with van der Waals surface area (Å²) in [6, 6.07) is 10.5. The summed E-state index contributed by atoms with van der Waals surface area (Å²) in [6.45, 7) is 16.3. The molecule has 2 aromatic rings. The predicted molar refractivity (Wildman–Crippen MR) is 110 cm³/mol. The van der Waals surface area contributed by atoms with Gasteiger partial charge in [-0.15, -0.1) is 0 Å². The molecule has 0 atom stereocenters. The number of rotatable bonds is 4. The van der Waals surface area contributed by atoms with Gasteiger partial charge in [-0.05, 0) is 30.5 Å². The molecular weight excluding hydrogens is 322 g/mol. The number of benzene rings is 1. The standard InChI is InChI=1S/C21H31N5/c1-6-25-11-13-26(14-12-25)19-15-16(2)22-20(24-19)23-18-10-8-7-9-17(18)21(3,4)5/h7-10,15H,6,11-14H2,1-5H3,(H,22,23,24). The van der Waals surface area contributed by atoms with Gasteiger partial charge in [0.15, 0.2) is 0 Å². The van der Waals surface area contributed by atoms with Crippen molar-refractivity contribution in [2.75, 3.05) is 42.9 Å². The molecule has 0 aliphatic carbocycles. The second-order valence-corrected chi connectivity index (χ2v) is 8.03. The van der Waals surface area contributed by atoms with Crippen LogP contribution in [-0.2, 0) is 5.41 Å². The van der Waals surface area contributed by atoms with Crippen LogP contribution in [0.2, 0.25) is 0 Å². The smallest absolute Gasteiger partial charge is 0.229 e. The molecule has 0 saturated carbocycles. The van der Waals surface area contributed by atoms with Crippen LogP contribution in [-0.4, -0.2) is 47.6 Å². The molecule has 1 fully saturated rings. The first-order chi connectivity index (χ1) is 12.4. The van der Waals surface area contributed by atoms with Crippen molar-refractivity contribution in [3.8, 4) is 0 Å². The lowest BCUT2D eigenvalue weighted by atomic mass is 9.86. The number of nitrogens with zero attached hydrogens (tertiary/aromatic N) is 4. The maximum absolute atomic E-state index is 4.81. The van der Waals surface area contributed by atoms with E-state index in [0.717, 1.165) is 49.9 Å². The summed E-state index contributed by atoms with van der Waals surface area (Å²) in [5, 5.41) is 3.46. The van der Waals surface area contributed by atoms with Gasteiger partial charge in [0.05, 0.1) is 0 Å². The Morgan fingerprint density at radius 3 is 2.38 bits per heavy atom. The highest BCUT2D eigenvalue weighted by atomic mass is 15.3. The molecule has 1 N–H and O–H groups in total. The van der Waals surface area contributed by atoms with Crippen LogP contribution in [0.5, 0.6) is 0 Å². The molecule has 1 saturated heterocycles. The minimum absolute atomic E-state index is 0.0622.